The number of aliphatic carboxylic acids is 1. The lowest BCUT2D eigenvalue weighted by molar-refractivity contribution is -0.151. The van der Waals surface area contributed by atoms with Crippen LogP contribution in [-0.4, -0.2) is 34.5 Å². The van der Waals surface area contributed by atoms with E-state index in [-0.39, 0.29) is 12.3 Å². The van der Waals surface area contributed by atoms with Crippen LogP contribution in [0, 0.1) is 0 Å². The van der Waals surface area contributed by atoms with Crippen LogP contribution in [0.25, 0.3) is 0 Å². The van der Waals surface area contributed by atoms with Gasteiger partial charge < -0.3 is 14.7 Å². The van der Waals surface area contributed by atoms with Crippen molar-refractivity contribution in [3.8, 4) is 5.75 Å². The molecule has 5 nitrogen and oxygen atoms in total. The Morgan fingerprint density at radius 3 is 2.44 bits per heavy atom. The maximum absolute atomic E-state index is 12.5. The zero-order valence-corrected chi connectivity index (χ0v) is 13.9. The van der Waals surface area contributed by atoms with E-state index >= 15 is 0 Å². The predicted octanol–water partition coefficient (Wildman–Crippen LogP) is 2.88. The van der Waals surface area contributed by atoms with Crippen molar-refractivity contribution in [2.75, 3.05) is 6.61 Å². The fraction of sp³-hybridized carbons (Fsp3) is 0.300. The van der Waals surface area contributed by atoms with Crippen molar-refractivity contribution in [2.24, 2.45) is 0 Å². The third-order valence-electron chi connectivity index (χ3n) is 4.40. The van der Waals surface area contributed by atoms with Crippen LogP contribution < -0.4 is 4.74 Å². The fourth-order valence-electron chi connectivity index (χ4n) is 3.08. The molecule has 0 fully saturated rings. The number of benzene rings is 2. The Labute approximate surface area is 146 Å². The zero-order valence-electron chi connectivity index (χ0n) is 13.9. The first kappa shape index (κ1) is 17.0. The van der Waals surface area contributed by atoms with Gasteiger partial charge >= 0.3 is 5.97 Å². The number of fused-ring (bicyclic) bond motifs is 1. The Kier molecular flexibility index (Phi) is 5.33. The second-order valence-corrected chi connectivity index (χ2v) is 6.11. The molecule has 0 bridgehead atoms. The molecule has 1 aliphatic rings. The van der Waals surface area contributed by atoms with Gasteiger partial charge in [-0.1, -0.05) is 42.5 Å². The maximum Gasteiger partial charge on any atom is 0.326 e. The minimum atomic E-state index is -0.955. The van der Waals surface area contributed by atoms with E-state index in [2.05, 4.69) is 0 Å². The van der Waals surface area contributed by atoms with Crippen LogP contribution in [0.15, 0.2) is 54.6 Å². The van der Waals surface area contributed by atoms with Crippen molar-refractivity contribution in [1.82, 2.24) is 4.90 Å². The molecule has 1 atom stereocenters. The highest BCUT2D eigenvalue weighted by Gasteiger charge is 2.33. The topological polar surface area (TPSA) is 66.8 Å². The maximum atomic E-state index is 12.5. The summed E-state index contributed by atoms with van der Waals surface area (Å²) in [4.78, 5) is 25.6. The molecule has 5 heteroatoms. The molecular weight excluding hydrogens is 318 g/mol. The van der Waals surface area contributed by atoms with Gasteiger partial charge in [-0.15, -0.1) is 0 Å². The average molecular weight is 339 g/mol. The molecule has 3 rings (SSSR count). The number of para-hydroxylation sites is 1. The number of nitrogens with zero attached hydrogens (tertiary/aromatic N) is 1. The van der Waals surface area contributed by atoms with Crippen LogP contribution in [0.1, 0.15) is 24.0 Å². The van der Waals surface area contributed by atoms with Gasteiger partial charge in [-0.25, -0.2) is 4.79 Å². The predicted molar refractivity (Wildman–Crippen MR) is 93.3 cm³/mol. The molecule has 0 aromatic heterocycles. The lowest BCUT2D eigenvalue weighted by Gasteiger charge is -2.34. The van der Waals surface area contributed by atoms with E-state index in [1.54, 1.807) is 0 Å². The lowest BCUT2D eigenvalue weighted by atomic mass is 9.93. The smallest absolute Gasteiger partial charge is 0.326 e. The van der Waals surface area contributed by atoms with Crippen molar-refractivity contribution in [1.29, 1.82) is 0 Å². The van der Waals surface area contributed by atoms with Crippen LogP contribution in [-0.2, 0) is 22.6 Å². The molecule has 1 heterocycles. The number of hydrogen-bond donors (Lipinski definition) is 1. The lowest BCUT2D eigenvalue weighted by Crippen LogP contribution is -2.48. The Morgan fingerprint density at radius 2 is 1.72 bits per heavy atom. The Bertz CT molecular complexity index is 744. The number of carboxylic acid groups (broad SMARTS) is 1. The second-order valence-electron chi connectivity index (χ2n) is 6.11. The highest BCUT2D eigenvalue weighted by Crippen LogP contribution is 2.24. The van der Waals surface area contributed by atoms with Gasteiger partial charge in [0, 0.05) is 19.4 Å². The van der Waals surface area contributed by atoms with Crippen LogP contribution in [0.5, 0.6) is 5.75 Å². The van der Waals surface area contributed by atoms with E-state index in [1.807, 2.05) is 54.6 Å². The number of ether oxygens (including phenoxy) is 1. The van der Waals surface area contributed by atoms with Gasteiger partial charge in [-0.2, -0.15) is 0 Å². The summed E-state index contributed by atoms with van der Waals surface area (Å²) in [6.07, 6.45) is 1.19. The van der Waals surface area contributed by atoms with E-state index in [1.165, 1.54) is 4.90 Å². The summed E-state index contributed by atoms with van der Waals surface area (Å²) in [6, 6.07) is 16.3. The van der Waals surface area contributed by atoms with Crippen molar-refractivity contribution < 1.29 is 19.4 Å². The van der Waals surface area contributed by atoms with Crippen molar-refractivity contribution in [3.63, 3.8) is 0 Å². The molecule has 130 valence electrons. The monoisotopic (exact) mass is 339 g/mol. The minimum Gasteiger partial charge on any atom is -0.494 e. The Hall–Kier alpha value is -2.82. The van der Waals surface area contributed by atoms with Crippen LogP contribution >= 0.6 is 0 Å². The number of carbonyl (C=O) groups is 2. The highest BCUT2D eigenvalue weighted by atomic mass is 16.5. The second kappa shape index (κ2) is 7.83. The highest BCUT2D eigenvalue weighted by molar-refractivity contribution is 5.84. The van der Waals surface area contributed by atoms with Gasteiger partial charge in [0.2, 0.25) is 5.91 Å². The van der Waals surface area contributed by atoms with Gasteiger partial charge in [-0.3, -0.25) is 4.79 Å². The van der Waals surface area contributed by atoms with Gasteiger partial charge in [0.1, 0.15) is 11.8 Å². The van der Waals surface area contributed by atoms with Crippen molar-refractivity contribution >= 4 is 11.9 Å². The minimum absolute atomic E-state index is 0.140. The van der Waals surface area contributed by atoms with Gasteiger partial charge in [0.25, 0.3) is 0 Å². The third kappa shape index (κ3) is 4.18. The van der Waals surface area contributed by atoms with Crippen LogP contribution in [0.4, 0.5) is 0 Å². The quantitative estimate of drug-likeness (QED) is 0.822. The molecule has 0 aliphatic carbocycles. The molecule has 1 amide bonds. The van der Waals surface area contributed by atoms with E-state index in [0.717, 1.165) is 16.9 Å². The van der Waals surface area contributed by atoms with Crippen LogP contribution in [0.3, 0.4) is 0 Å². The van der Waals surface area contributed by atoms with Crippen LogP contribution in [0.2, 0.25) is 0 Å². The van der Waals surface area contributed by atoms with Gasteiger partial charge in [0.05, 0.1) is 6.61 Å². The first-order chi connectivity index (χ1) is 12.1. The van der Waals surface area contributed by atoms with E-state index in [9.17, 15) is 14.7 Å². The largest absolute Gasteiger partial charge is 0.494 e. The summed E-state index contributed by atoms with van der Waals surface area (Å²) < 4.78 is 5.59. The summed E-state index contributed by atoms with van der Waals surface area (Å²) in [7, 11) is 0. The molecule has 1 unspecified atom stereocenters. The Morgan fingerprint density at radius 1 is 1.04 bits per heavy atom. The summed E-state index contributed by atoms with van der Waals surface area (Å²) in [5.41, 5.74) is 2.03. The number of rotatable bonds is 6. The van der Waals surface area contributed by atoms with E-state index < -0.39 is 12.0 Å². The SMILES string of the molecule is O=C(O)C1Cc2ccccc2CN1C(=O)CCCOc1ccccc1. The number of amides is 1. The number of carbonyl (C=O) groups excluding carboxylic acids is 1. The molecule has 0 spiro atoms. The molecule has 0 saturated heterocycles. The fourth-order valence-corrected chi connectivity index (χ4v) is 3.08. The van der Waals surface area contributed by atoms with Crippen molar-refractivity contribution in [3.05, 3.63) is 65.7 Å². The summed E-state index contributed by atoms with van der Waals surface area (Å²) in [6.45, 7) is 0.781. The molecule has 25 heavy (non-hydrogen) atoms. The molecule has 2 aromatic rings. The molecular formula is C20H21NO4. The number of carboxylic acids is 1. The zero-order chi connectivity index (χ0) is 17.6. The molecule has 1 aliphatic heterocycles. The molecule has 2 aromatic carbocycles. The van der Waals surface area contributed by atoms with Gasteiger partial charge in [0.15, 0.2) is 0 Å². The third-order valence-corrected chi connectivity index (χ3v) is 4.40. The molecule has 0 saturated carbocycles. The first-order valence-electron chi connectivity index (χ1n) is 8.42. The number of hydrogen-bond acceptors (Lipinski definition) is 3. The summed E-state index contributed by atoms with van der Waals surface area (Å²) >= 11 is 0. The summed E-state index contributed by atoms with van der Waals surface area (Å²) in [5, 5.41) is 9.48. The first-order valence-corrected chi connectivity index (χ1v) is 8.42. The normalized spacial score (nSPS) is 16.2. The van der Waals surface area contributed by atoms with Crippen molar-refractivity contribution in [2.45, 2.75) is 31.8 Å². The molecule has 0 radical (unpaired) electrons. The summed E-state index contributed by atoms with van der Waals surface area (Å²) in [5.74, 6) is -0.327. The Balaban J connectivity index is 1.57. The average Bonchev–Trinajstić information content (AvgIpc) is 2.64. The molecule has 1 N–H and O–H groups in total. The van der Waals surface area contributed by atoms with E-state index in [0.29, 0.717) is 26.0 Å². The van der Waals surface area contributed by atoms with Gasteiger partial charge in [-0.05, 0) is 29.7 Å². The van der Waals surface area contributed by atoms with E-state index in [4.69, 9.17) is 4.74 Å². The standard InChI is InChI=1S/C20H21NO4/c22-19(11-6-12-25-17-9-2-1-3-10-17)21-14-16-8-5-4-7-15(16)13-18(21)20(23)24/h1-5,7-10,18H,6,11-14H2,(H,23,24).